The summed E-state index contributed by atoms with van der Waals surface area (Å²) in [5, 5.41) is 12.1. The number of para-hydroxylation sites is 1. The molecule has 5 rings (SSSR count). The maximum Gasteiger partial charge on any atom is 0.416 e. The molecule has 0 spiro atoms. The van der Waals surface area contributed by atoms with E-state index >= 15 is 0 Å². The average Bonchev–Trinajstić information content (AvgIpc) is 3.43. The Morgan fingerprint density at radius 3 is 2.26 bits per heavy atom. The van der Waals surface area contributed by atoms with Crippen molar-refractivity contribution in [3.8, 4) is 28.5 Å². The van der Waals surface area contributed by atoms with Crippen LogP contribution in [0.3, 0.4) is 0 Å². The molecule has 0 unspecified atom stereocenters. The third kappa shape index (κ3) is 6.51. The number of thiazole rings is 1. The minimum Gasteiger partial charge on any atom is -0.488 e. The summed E-state index contributed by atoms with van der Waals surface area (Å²) >= 11 is 1.53. The quantitative estimate of drug-likeness (QED) is 0.243. The van der Waals surface area contributed by atoms with Gasteiger partial charge >= 0.3 is 12.1 Å². The van der Waals surface area contributed by atoms with Gasteiger partial charge in [0, 0.05) is 24.0 Å². The van der Waals surface area contributed by atoms with Crippen LogP contribution in [0.4, 0.5) is 18.3 Å². The van der Waals surface area contributed by atoms with Crippen molar-refractivity contribution in [2.45, 2.75) is 25.6 Å². The molecule has 1 aliphatic rings. The van der Waals surface area contributed by atoms with Crippen molar-refractivity contribution in [2.75, 3.05) is 18.0 Å². The van der Waals surface area contributed by atoms with Crippen molar-refractivity contribution in [1.29, 1.82) is 0 Å². The Morgan fingerprint density at radius 1 is 0.974 bits per heavy atom. The molecule has 1 aliphatic heterocycles. The number of aliphatic carboxylic acids is 1. The van der Waals surface area contributed by atoms with Crippen molar-refractivity contribution in [2.24, 2.45) is 5.92 Å². The van der Waals surface area contributed by atoms with Crippen molar-refractivity contribution >= 4 is 22.4 Å². The second kappa shape index (κ2) is 11.4. The van der Waals surface area contributed by atoms with E-state index < -0.39 is 17.7 Å². The van der Waals surface area contributed by atoms with Crippen LogP contribution in [-0.2, 0) is 17.6 Å². The summed E-state index contributed by atoms with van der Waals surface area (Å²) in [4.78, 5) is 18.2. The van der Waals surface area contributed by atoms with Gasteiger partial charge < -0.3 is 19.5 Å². The molecule has 1 aromatic heterocycles. The second-order valence-electron chi connectivity index (χ2n) is 9.17. The zero-order valence-corrected chi connectivity index (χ0v) is 21.5. The number of nitrogens with zero attached hydrogens (tertiary/aromatic N) is 2. The number of piperidine rings is 1. The number of ether oxygens (including phenoxy) is 2. The molecule has 0 saturated carbocycles. The van der Waals surface area contributed by atoms with Crippen LogP contribution in [0.2, 0.25) is 0 Å². The zero-order chi connectivity index (χ0) is 27.4. The lowest BCUT2D eigenvalue weighted by Crippen LogP contribution is -2.36. The lowest BCUT2D eigenvalue weighted by atomic mass is 9.97. The summed E-state index contributed by atoms with van der Waals surface area (Å²) in [5.74, 6) is 0.474. The second-order valence-corrected chi connectivity index (χ2v) is 10.0. The number of hydrogen-bond donors (Lipinski definition) is 1. The van der Waals surface area contributed by atoms with Gasteiger partial charge in [-0.05, 0) is 66.9 Å². The van der Waals surface area contributed by atoms with Gasteiger partial charge in [0.2, 0.25) is 0 Å². The molecule has 39 heavy (non-hydrogen) atoms. The zero-order valence-electron chi connectivity index (χ0n) is 20.7. The van der Waals surface area contributed by atoms with Crippen LogP contribution in [-0.4, -0.2) is 29.1 Å². The Hall–Kier alpha value is -4.05. The third-order valence-electron chi connectivity index (χ3n) is 6.50. The number of alkyl halides is 3. The lowest BCUT2D eigenvalue weighted by Gasteiger charge is -2.29. The Morgan fingerprint density at radius 2 is 1.62 bits per heavy atom. The first kappa shape index (κ1) is 26.6. The molecule has 0 atom stereocenters. The molecule has 2 heterocycles. The van der Waals surface area contributed by atoms with Crippen molar-refractivity contribution in [3.63, 3.8) is 0 Å². The van der Waals surface area contributed by atoms with E-state index in [4.69, 9.17) is 14.5 Å². The molecule has 202 valence electrons. The minimum absolute atomic E-state index is 0.291. The topological polar surface area (TPSA) is 71.9 Å². The number of hydrogen-bond acceptors (Lipinski definition) is 6. The highest BCUT2D eigenvalue weighted by molar-refractivity contribution is 7.14. The average molecular weight is 555 g/mol. The van der Waals surface area contributed by atoms with Gasteiger partial charge in [-0.1, -0.05) is 24.3 Å². The summed E-state index contributed by atoms with van der Waals surface area (Å²) in [5.41, 5.74) is 1.83. The minimum atomic E-state index is -4.39. The summed E-state index contributed by atoms with van der Waals surface area (Å²) in [6, 6.07) is 19.4. The molecular weight excluding hydrogens is 529 g/mol. The predicted octanol–water partition coefficient (Wildman–Crippen LogP) is 7.50. The molecule has 0 amide bonds. The molecule has 0 radical (unpaired) electrons. The first-order chi connectivity index (χ1) is 18.8. The molecule has 6 nitrogen and oxygen atoms in total. The van der Waals surface area contributed by atoms with Crippen LogP contribution < -0.4 is 14.4 Å². The largest absolute Gasteiger partial charge is 0.488 e. The number of carboxylic acids is 1. The van der Waals surface area contributed by atoms with Crippen LogP contribution in [0.1, 0.15) is 24.0 Å². The van der Waals surface area contributed by atoms with Gasteiger partial charge in [-0.25, -0.2) is 4.98 Å². The maximum atomic E-state index is 12.7. The van der Waals surface area contributed by atoms with E-state index in [1.807, 2.05) is 41.8 Å². The van der Waals surface area contributed by atoms with Crippen LogP contribution in [0, 0.1) is 5.92 Å². The normalized spacial score (nSPS) is 14.3. The highest BCUT2D eigenvalue weighted by Gasteiger charge is 2.30. The van der Waals surface area contributed by atoms with Gasteiger partial charge in [0.15, 0.2) is 5.13 Å². The Bertz CT molecular complexity index is 1410. The van der Waals surface area contributed by atoms with Crippen LogP contribution in [0.25, 0.3) is 11.3 Å². The number of rotatable bonds is 8. The number of carboxylic acid groups (broad SMARTS) is 1. The molecule has 10 heteroatoms. The van der Waals surface area contributed by atoms with E-state index in [1.165, 1.54) is 23.5 Å². The fraction of sp³-hybridized carbons (Fsp3) is 0.241. The predicted molar refractivity (Wildman–Crippen MR) is 142 cm³/mol. The van der Waals surface area contributed by atoms with Gasteiger partial charge in [-0.2, -0.15) is 13.2 Å². The smallest absolute Gasteiger partial charge is 0.416 e. The van der Waals surface area contributed by atoms with Crippen LogP contribution in [0.5, 0.6) is 17.2 Å². The standard InChI is InChI=1S/C29H25F3N2O4S/c30-29(31,32)21-7-11-23(12-8-21)38-22-9-5-19(6-10-22)17-37-26-4-2-1-3-24(26)25-18-39-28(33-25)34-15-13-20(14-16-34)27(35)36/h1-12,18,20H,13-17H2,(H,35,36). The Labute approximate surface area is 227 Å². The maximum absolute atomic E-state index is 12.7. The SMILES string of the molecule is O=C(O)C1CCN(c2nc(-c3ccccc3OCc3ccc(Oc4ccc(C(F)(F)F)cc4)cc3)cs2)CC1. The van der Waals surface area contributed by atoms with Gasteiger partial charge in [-0.3, -0.25) is 4.79 Å². The highest BCUT2D eigenvalue weighted by atomic mass is 32.1. The van der Waals surface area contributed by atoms with E-state index in [1.54, 1.807) is 12.1 Å². The van der Waals surface area contributed by atoms with E-state index in [-0.39, 0.29) is 5.92 Å². The first-order valence-corrected chi connectivity index (χ1v) is 13.2. The van der Waals surface area contributed by atoms with Gasteiger partial charge in [0.05, 0.1) is 17.2 Å². The highest BCUT2D eigenvalue weighted by Crippen LogP contribution is 2.35. The summed E-state index contributed by atoms with van der Waals surface area (Å²) in [6.45, 7) is 1.64. The fourth-order valence-electron chi connectivity index (χ4n) is 4.32. The van der Waals surface area contributed by atoms with Crippen molar-refractivity contribution < 1.29 is 32.5 Å². The van der Waals surface area contributed by atoms with Gasteiger partial charge in [0.1, 0.15) is 23.9 Å². The van der Waals surface area contributed by atoms with E-state index in [2.05, 4.69) is 4.90 Å². The van der Waals surface area contributed by atoms with Crippen LogP contribution >= 0.6 is 11.3 Å². The molecule has 4 aromatic rings. The molecule has 0 bridgehead atoms. The first-order valence-electron chi connectivity index (χ1n) is 12.4. The fourth-order valence-corrected chi connectivity index (χ4v) is 5.20. The van der Waals surface area contributed by atoms with E-state index in [0.29, 0.717) is 49.8 Å². The summed E-state index contributed by atoms with van der Waals surface area (Å²) in [7, 11) is 0. The Balaban J connectivity index is 1.20. The molecule has 1 fully saturated rings. The number of anilines is 1. The molecule has 1 saturated heterocycles. The van der Waals surface area contributed by atoms with Crippen molar-refractivity contribution in [1.82, 2.24) is 4.98 Å². The van der Waals surface area contributed by atoms with E-state index in [0.717, 1.165) is 34.1 Å². The van der Waals surface area contributed by atoms with E-state index in [9.17, 15) is 23.1 Å². The summed E-state index contributed by atoms with van der Waals surface area (Å²) < 4.78 is 50.0. The van der Waals surface area contributed by atoms with Gasteiger partial charge in [-0.15, -0.1) is 11.3 Å². The third-order valence-corrected chi connectivity index (χ3v) is 7.41. The molecule has 3 aromatic carbocycles. The number of benzene rings is 3. The monoisotopic (exact) mass is 554 g/mol. The molecule has 0 aliphatic carbocycles. The number of halogens is 3. The van der Waals surface area contributed by atoms with Crippen LogP contribution in [0.15, 0.2) is 78.2 Å². The summed E-state index contributed by atoms with van der Waals surface area (Å²) in [6.07, 6.45) is -3.17. The molecule has 1 N–H and O–H groups in total. The number of aromatic nitrogens is 1. The number of carbonyl (C=O) groups is 1. The van der Waals surface area contributed by atoms with Crippen molar-refractivity contribution in [3.05, 3.63) is 89.3 Å². The Kier molecular flexibility index (Phi) is 7.74. The lowest BCUT2D eigenvalue weighted by molar-refractivity contribution is -0.142. The van der Waals surface area contributed by atoms with Gasteiger partial charge in [0.25, 0.3) is 0 Å². The molecular formula is C29H25F3N2O4S.